The Labute approximate surface area is 144 Å². The van der Waals surface area contributed by atoms with Gasteiger partial charge in [0.1, 0.15) is 5.69 Å². The van der Waals surface area contributed by atoms with Crippen LogP contribution in [-0.2, 0) is 31.8 Å². The van der Waals surface area contributed by atoms with Crippen LogP contribution in [0.5, 0.6) is 0 Å². The molecule has 1 aliphatic rings. The lowest BCUT2D eigenvalue weighted by Crippen LogP contribution is -2.26. The molecule has 3 rings (SSSR count). The van der Waals surface area contributed by atoms with E-state index < -0.39 is 0 Å². The van der Waals surface area contributed by atoms with Crippen LogP contribution in [0.15, 0.2) is 24.3 Å². The molecule has 1 amide bonds. The monoisotopic (exact) mass is 325 g/mol. The minimum atomic E-state index is -0.0203. The fourth-order valence-electron chi connectivity index (χ4n) is 3.35. The van der Waals surface area contributed by atoms with Gasteiger partial charge in [-0.2, -0.15) is 5.10 Å². The number of hydrogen-bond donors (Lipinski definition) is 1. The van der Waals surface area contributed by atoms with Gasteiger partial charge in [-0.05, 0) is 42.2 Å². The first kappa shape index (κ1) is 16.7. The third-order valence-corrected chi connectivity index (χ3v) is 4.81. The van der Waals surface area contributed by atoms with E-state index in [0.29, 0.717) is 6.54 Å². The number of carbonyl (C=O) groups is 1. The summed E-state index contributed by atoms with van der Waals surface area (Å²) in [5.41, 5.74) is 5.55. The first-order chi connectivity index (χ1) is 11.4. The van der Waals surface area contributed by atoms with E-state index in [1.807, 2.05) is 7.05 Å². The lowest BCUT2D eigenvalue weighted by Gasteiger charge is -2.19. The van der Waals surface area contributed by atoms with Crippen LogP contribution in [0.3, 0.4) is 0 Å². The maximum absolute atomic E-state index is 12.6. The summed E-state index contributed by atoms with van der Waals surface area (Å²) in [6.45, 7) is 7.16. The van der Waals surface area contributed by atoms with E-state index in [1.54, 1.807) is 4.68 Å². The number of aromatic nitrogens is 2. The number of benzene rings is 1. The number of amides is 1. The van der Waals surface area contributed by atoms with Crippen molar-refractivity contribution in [1.29, 1.82) is 0 Å². The van der Waals surface area contributed by atoms with Gasteiger partial charge in [0.05, 0.1) is 5.69 Å². The molecule has 1 aliphatic carbocycles. The van der Waals surface area contributed by atoms with Gasteiger partial charge in [-0.25, -0.2) is 0 Å². The molecule has 0 unspecified atom stereocenters. The second-order valence-electron chi connectivity index (χ2n) is 7.73. The highest BCUT2D eigenvalue weighted by molar-refractivity contribution is 5.94. The number of nitrogens with zero attached hydrogens (tertiary/aromatic N) is 2. The van der Waals surface area contributed by atoms with Gasteiger partial charge in [-0.1, -0.05) is 45.0 Å². The molecule has 1 aromatic heterocycles. The number of carbonyl (C=O) groups excluding carboxylic acids is 1. The Morgan fingerprint density at radius 2 is 1.83 bits per heavy atom. The number of rotatable bonds is 3. The normalized spacial score (nSPS) is 14.3. The Hall–Kier alpha value is -2.10. The van der Waals surface area contributed by atoms with Crippen LogP contribution in [0.25, 0.3) is 0 Å². The van der Waals surface area contributed by atoms with E-state index in [1.165, 1.54) is 12.0 Å². The van der Waals surface area contributed by atoms with Crippen molar-refractivity contribution in [3.8, 4) is 0 Å². The Kier molecular flexibility index (Phi) is 4.48. The Bertz CT molecular complexity index is 735. The van der Waals surface area contributed by atoms with Crippen LogP contribution in [0, 0.1) is 0 Å². The van der Waals surface area contributed by atoms with Gasteiger partial charge in [0, 0.05) is 19.2 Å². The summed E-state index contributed by atoms with van der Waals surface area (Å²) in [6.07, 6.45) is 4.27. The third kappa shape index (κ3) is 3.37. The summed E-state index contributed by atoms with van der Waals surface area (Å²) in [5.74, 6) is -0.0203. The topological polar surface area (TPSA) is 46.9 Å². The molecule has 1 heterocycles. The molecule has 2 aromatic rings. The largest absolute Gasteiger partial charge is 0.347 e. The van der Waals surface area contributed by atoms with Gasteiger partial charge in [-0.15, -0.1) is 0 Å². The molecule has 4 heteroatoms. The quantitative estimate of drug-likeness (QED) is 0.938. The molecular formula is C20H27N3O. The Balaban J connectivity index is 1.69. The van der Waals surface area contributed by atoms with Gasteiger partial charge in [0.25, 0.3) is 5.91 Å². The summed E-state index contributed by atoms with van der Waals surface area (Å²) in [7, 11) is 1.87. The maximum Gasteiger partial charge on any atom is 0.270 e. The van der Waals surface area contributed by atoms with Gasteiger partial charge >= 0.3 is 0 Å². The van der Waals surface area contributed by atoms with Crippen molar-refractivity contribution in [1.82, 2.24) is 15.1 Å². The van der Waals surface area contributed by atoms with Crippen LogP contribution in [0.2, 0.25) is 0 Å². The van der Waals surface area contributed by atoms with Crippen molar-refractivity contribution < 1.29 is 4.79 Å². The molecule has 0 fully saturated rings. The molecule has 0 saturated heterocycles. The fourth-order valence-corrected chi connectivity index (χ4v) is 3.35. The van der Waals surface area contributed by atoms with Crippen LogP contribution >= 0.6 is 0 Å². The van der Waals surface area contributed by atoms with E-state index in [4.69, 9.17) is 0 Å². The number of hydrogen-bond acceptors (Lipinski definition) is 2. The van der Waals surface area contributed by atoms with E-state index in [-0.39, 0.29) is 11.3 Å². The molecule has 0 spiro atoms. The third-order valence-electron chi connectivity index (χ3n) is 4.81. The van der Waals surface area contributed by atoms with Crippen molar-refractivity contribution in [2.24, 2.45) is 7.05 Å². The summed E-state index contributed by atoms with van der Waals surface area (Å²) in [6, 6.07) is 8.49. The van der Waals surface area contributed by atoms with Gasteiger partial charge < -0.3 is 5.32 Å². The number of fused-ring (bicyclic) bond motifs is 1. The summed E-state index contributed by atoms with van der Waals surface area (Å²) >= 11 is 0. The Morgan fingerprint density at radius 1 is 1.17 bits per heavy atom. The van der Waals surface area contributed by atoms with Crippen LogP contribution in [0.4, 0.5) is 0 Å². The fraction of sp³-hybridized carbons (Fsp3) is 0.500. The first-order valence-electron chi connectivity index (χ1n) is 8.78. The number of nitrogens with one attached hydrogen (secondary N) is 1. The van der Waals surface area contributed by atoms with Crippen molar-refractivity contribution in [3.63, 3.8) is 0 Å². The number of aryl methyl sites for hydroxylation is 2. The first-order valence-corrected chi connectivity index (χ1v) is 8.78. The van der Waals surface area contributed by atoms with E-state index in [2.05, 4.69) is 55.5 Å². The summed E-state index contributed by atoms with van der Waals surface area (Å²) in [5, 5.41) is 7.57. The molecule has 4 nitrogen and oxygen atoms in total. The standard InChI is InChI=1S/C20H27N3O/c1-20(2,3)15-11-9-14(10-12-15)13-21-19(24)18-16-7-5-6-8-17(16)22-23(18)4/h9-12H,5-8,13H2,1-4H3,(H,21,24). The maximum atomic E-state index is 12.6. The second-order valence-corrected chi connectivity index (χ2v) is 7.73. The van der Waals surface area contributed by atoms with Gasteiger partial charge in [0.15, 0.2) is 0 Å². The highest BCUT2D eigenvalue weighted by Gasteiger charge is 2.23. The molecule has 1 aromatic carbocycles. The zero-order valence-electron chi connectivity index (χ0n) is 15.1. The van der Waals surface area contributed by atoms with Crippen LogP contribution < -0.4 is 5.32 Å². The minimum absolute atomic E-state index is 0.0203. The van der Waals surface area contributed by atoms with Crippen molar-refractivity contribution in [3.05, 3.63) is 52.3 Å². The average molecular weight is 325 g/mol. The average Bonchev–Trinajstić information content (AvgIpc) is 2.88. The molecule has 0 saturated carbocycles. The SMILES string of the molecule is Cn1nc2c(c1C(=O)NCc1ccc(C(C)(C)C)cc1)CCCC2. The lowest BCUT2D eigenvalue weighted by atomic mass is 9.87. The predicted octanol–water partition coefficient (Wildman–Crippen LogP) is 3.53. The van der Waals surface area contributed by atoms with Crippen molar-refractivity contribution in [2.75, 3.05) is 0 Å². The zero-order valence-corrected chi connectivity index (χ0v) is 15.1. The van der Waals surface area contributed by atoms with E-state index >= 15 is 0 Å². The molecule has 0 bridgehead atoms. The van der Waals surface area contributed by atoms with Crippen molar-refractivity contribution >= 4 is 5.91 Å². The molecule has 0 aliphatic heterocycles. The minimum Gasteiger partial charge on any atom is -0.347 e. The molecule has 0 radical (unpaired) electrons. The Morgan fingerprint density at radius 3 is 2.50 bits per heavy atom. The second kappa shape index (κ2) is 6.42. The van der Waals surface area contributed by atoms with Crippen LogP contribution in [0.1, 0.15) is 66.5 Å². The van der Waals surface area contributed by atoms with Crippen molar-refractivity contribution in [2.45, 2.75) is 58.4 Å². The smallest absolute Gasteiger partial charge is 0.270 e. The van der Waals surface area contributed by atoms with Gasteiger partial charge in [-0.3, -0.25) is 9.48 Å². The highest BCUT2D eigenvalue weighted by atomic mass is 16.2. The predicted molar refractivity (Wildman–Crippen MR) is 96.2 cm³/mol. The highest BCUT2D eigenvalue weighted by Crippen LogP contribution is 2.24. The zero-order chi connectivity index (χ0) is 17.3. The summed E-state index contributed by atoms with van der Waals surface area (Å²) < 4.78 is 1.74. The molecular weight excluding hydrogens is 298 g/mol. The lowest BCUT2D eigenvalue weighted by molar-refractivity contribution is 0.0940. The van der Waals surface area contributed by atoms with E-state index in [9.17, 15) is 4.79 Å². The molecule has 24 heavy (non-hydrogen) atoms. The van der Waals surface area contributed by atoms with Gasteiger partial charge in [0.2, 0.25) is 0 Å². The van der Waals surface area contributed by atoms with E-state index in [0.717, 1.165) is 41.8 Å². The van der Waals surface area contributed by atoms with Crippen LogP contribution in [-0.4, -0.2) is 15.7 Å². The molecule has 0 atom stereocenters. The molecule has 128 valence electrons. The summed E-state index contributed by atoms with van der Waals surface area (Å²) in [4.78, 5) is 12.6. The molecule has 1 N–H and O–H groups in total.